The minimum absolute atomic E-state index is 0.0133. The molecular weight excluding hydrogens is 353 g/mol. The Morgan fingerprint density at radius 3 is 2.38 bits per heavy atom. The lowest BCUT2D eigenvalue weighted by molar-refractivity contribution is -0.114. The molecule has 0 aliphatic heterocycles. The Balaban J connectivity index is 1.91. The summed E-state index contributed by atoms with van der Waals surface area (Å²) in [4.78, 5) is 23.9. The van der Waals surface area contributed by atoms with Gasteiger partial charge in [0.15, 0.2) is 0 Å². The standard InChI is InChI=1S/C19H18FN3O2S/c1-11-4-5-12(2)23(11)19-15(8-9-26-19)18(25)22-17-10-14(21-13(3)24)6-7-16(17)20/h4-10H,1-3H3,(H,21,24)(H,22,25). The molecule has 2 aromatic heterocycles. The van der Waals surface area contributed by atoms with E-state index in [1.807, 2.05) is 35.9 Å². The summed E-state index contributed by atoms with van der Waals surface area (Å²) in [5.74, 6) is -1.25. The Labute approximate surface area is 154 Å². The van der Waals surface area contributed by atoms with Gasteiger partial charge in [0.25, 0.3) is 5.91 Å². The van der Waals surface area contributed by atoms with Crippen LogP contribution in [0.2, 0.25) is 0 Å². The summed E-state index contributed by atoms with van der Waals surface area (Å²) in [5.41, 5.74) is 2.91. The van der Waals surface area contributed by atoms with Crippen molar-refractivity contribution in [2.45, 2.75) is 20.8 Å². The molecule has 0 aliphatic carbocycles. The number of carbonyl (C=O) groups excluding carboxylic acids is 2. The van der Waals surface area contributed by atoms with E-state index in [9.17, 15) is 14.0 Å². The third kappa shape index (κ3) is 3.52. The molecule has 0 spiro atoms. The van der Waals surface area contributed by atoms with Gasteiger partial charge in [-0.15, -0.1) is 11.3 Å². The fourth-order valence-corrected chi connectivity index (χ4v) is 3.74. The van der Waals surface area contributed by atoms with Crippen molar-refractivity contribution in [1.82, 2.24) is 4.57 Å². The predicted octanol–water partition coefficient (Wildman–Crippen LogP) is 4.51. The quantitative estimate of drug-likeness (QED) is 0.709. The number of hydrogen-bond acceptors (Lipinski definition) is 3. The molecule has 0 saturated carbocycles. The highest BCUT2D eigenvalue weighted by molar-refractivity contribution is 7.13. The first-order chi connectivity index (χ1) is 12.4. The molecule has 26 heavy (non-hydrogen) atoms. The van der Waals surface area contributed by atoms with Gasteiger partial charge in [0.1, 0.15) is 10.8 Å². The van der Waals surface area contributed by atoms with Crippen LogP contribution in [0.5, 0.6) is 0 Å². The summed E-state index contributed by atoms with van der Waals surface area (Å²) >= 11 is 1.44. The van der Waals surface area contributed by atoms with Gasteiger partial charge in [-0.05, 0) is 55.6 Å². The second-order valence-corrected chi connectivity index (χ2v) is 6.82. The van der Waals surface area contributed by atoms with Crippen LogP contribution in [0.1, 0.15) is 28.7 Å². The number of nitrogens with one attached hydrogen (secondary N) is 2. The fraction of sp³-hybridized carbons (Fsp3) is 0.158. The minimum atomic E-state index is -0.572. The number of thiophene rings is 1. The van der Waals surface area contributed by atoms with Crippen LogP contribution in [0.25, 0.3) is 5.00 Å². The lowest BCUT2D eigenvalue weighted by Gasteiger charge is -2.12. The number of hydrogen-bond donors (Lipinski definition) is 2. The highest BCUT2D eigenvalue weighted by atomic mass is 32.1. The van der Waals surface area contributed by atoms with Gasteiger partial charge >= 0.3 is 0 Å². The molecule has 0 bridgehead atoms. The molecule has 1 aromatic carbocycles. The minimum Gasteiger partial charge on any atom is -0.326 e. The maximum atomic E-state index is 14.1. The van der Waals surface area contributed by atoms with E-state index in [0.717, 1.165) is 16.4 Å². The molecule has 0 aliphatic rings. The van der Waals surface area contributed by atoms with Crippen LogP contribution in [-0.4, -0.2) is 16.4 Å². The summed E-state index contributed by atoms with van der Waals surface area (Å²) in [7, 11) is 0. The third-order valence-electron chi connectivity index (χ3n) is 3.90. The van der Waals surface area contributed by atoms with Gasteiger partial charge in [-0.3, -0.25) is 9.59 Å². The van der Waals surface area contributed by atoms with Crippen molar-refractivity contribution in [1.29, 1.82) is 0 Å². The summed E-state index contributed by atoms with van der Waals surface area (Å²) < 4.78 is 16.1. The normalized spacial score (nSPS) is 10.6. The largest absolute Gasteiger partial charge is 0.326 e. The lowest BCUT2D eigenvalue weighted by Crippen LogP contribution is -2.15. The van der Waals surface area contributed by atoms with Crippen LogP contribution < -0.4 is 10.6 Å². The van der Waals surface area contributed by atoms with E-state index in [0.29, 0.717) is 11.3 Å². The number of anilines is 2. The van der Waals surface area contributed by atoms with Gasteiger partial charge in [0, 0.05) is 24.0 Å². The first-order valence-electron chi connectivity index (χ1n) is 7.98. The van der Waals surface area contributed by atoms with Crippen molar-refractivity contribution in [2.75, 3.05) is 10.6 Å². The van der Waals surface area contributed by atoms with Crippen molar-refractivity contribution < 1.29 is 14.0 Å². The van der Waals surface area contributed by atoms with Gasteiger partial charge in [-0.2, -0.15) is 0 Å². The summed E-state index contributed by atoms with van der Waals surface area (Å²) in [5, 5.41) is 7.77. The summed E-state index contributed by atoms with van der Waals surface area (Å²) in [6.45, 7) is 5.29. The molecule has 3 aromatic rings. The van der Waals surface area contributed by atoms with E-state index in [1.54, 1.807) is 6.07 Å². The molecular formula is C19H18FN3O2S. The zero-order chi connectivity index (χ0) is 18.8. The molecule has 3 rings (SSSR count). The van der Waals surface area contributed by atoms with Crippen LogP contribution in [0.3, 0.4) is 0 Å². The fourth-order valence-electron chi connectivity index (χ4n) is 2.73. The molecule has 5 nitrogen and oxygen atoms in total. The Bertz CT molecular complexity index is 971. The molecule has 7 heteroatoms. The zero-order valence-corrected chi connectivity index (χ0v) is 15.4. The van der Waals surface area contributed by atoms with Gasteiger partial charge in [0.2, 0.25) is 5.91 Å². The average Bonchev–Trinajstić information content (AvgIpc) is 3.16. The number of aromatic nitrogens is 1. The first-order valence-corrected chi connectivity index (χ1v) is 8.86. The predicted molar refractivity (Wildman–Crippen MR) is 102 cm³/mol. The maximum Gasteiger partial charge on any atom is 0.258 e. The monoisotopic (exact) mass is 371 g/mol. The molecule has 0 atom stereocenters. The first kappa shape index (κ1) is 17.9. The molecule has 0 unspecified atom stereocenters. The molecule has 2 N–H and O–H groups in total. The number of amides is 2. The van der Waals surface area contributed by atoms with E-state index in [1.165, 1.54) is 36.5 Å². The Hall–Kier alpha value is -2.93. The van der Waals surface area contributed by atoms with E-state index < -0.39 is 11.7 Å². The van der Waals surface area contributed by atoms with Gasteiger partial charge in [-0.25, -0.2) is 4.39 Å². The summed E-state index contributed by atoms with van der Waals surface area (Å²) in [6.07, 6.45) is 0. The number of benzene rings is 1. The molecule has 134 valence electrons. The van der Waals surface area contributed by atoms with Crippen molar-refractivity contribution in [3.05, 3.63) is 64.5 Å². The van der Waals surface area contributed by atoms with E-state index in [4.69, 9.17) is 0 Å². The van der Waals surface area contributed by atoms with Crippen LogP contribution in [-0.2, 0) is 4.79 Å². The van der Waals surface area contributed by atoms with Crippen LogP contribution in [0.4, 0.5) is 15.8 Å². The molecule has 0 fully saturated rings. The van der Waals surface area contributed by atoms with Crippen molar-refractivity contribution in [2.24, 2.45) is 0 Å². The van der Waals surface area contributed by atoms with E-state index in [-0.39, 0.29) is 11.6 Å². The zero-order valence-electron chi connectivity index (χ0n) is 14.6. The van der Waals surface area contributed by atoms with Gasteiger partial charge < -0.3 is 15.2 Å². The average molecular weight is 371 g/mol. The third-order valence-corrected chi connectivity index (χ3v) is 4.80. The number of aryl methyl sites for hydroxylation is 2. The van der Waals surface area contributed by atoms with Crippen LogP contribution in [0, 0.1) is 19.7 Å². The molecule has 2 heterocycles. The number of nitrogens with zero attached hydrogens (tertiary/aromatic N) is 1. The molecule has 0 radical (unpaired) electrons. The van der Waals surface area contributed by atoms with Gasteiger partial charge in [0.05, 0.1) is 11.3 Å². The van der Waals surface area contributed by atoms with Crippen molar-refractivity contribution in [3.63, 3.8) is 0 Å². The summed E-state index contributed by atoms with van der Waals surface area (Å²) in [6, 6.07) is 9.71. The molecule has 2 amide bonds. The van der Waals surface area contributed by atoms with E-state index >= 15 is 0 Å². The Kier molecular flexibility index (Phi) is 4.90. The molecule has 0 saturated heterocycles. The van der Waals surface area contributed by atoms with Crippen molar-refractivity contribution in [3.8, 4) is 5.00 Å². The number of halogens is 1. The topological polar surface area (TPSA) is 63.1 Å². The highest BCUT2D eigenvalue weighted by Gasteiger charge is 2.18. The Morgan fingerprint density at radius 2 is 1.73 bits per heavy atom. The lowest BCUT2D eigenvalue weighted by atomic mass is 10.2. The second-order valence-electron chi connectivity index (χ2n) is 5.92. The van der Waals surface area contributed by atoms with Crippen LogP contribution >= 0.6 is 11.3 Å². The van der Waals surface area contributed by atoms with Crippen LogP contribution in [0.15, 0.2) is 41.8 Å². The van der Waals surface area contributed by atoms with E-state index in [2.05, 4.69) is 10.6 Å². The smallest absolute Gasteiger partial charge is 0.258 e. The highest BCUT2D eigenvalue weighted by Crippen LogP contribution is 2.27. The van der Waals surface area contributed by atoms with Crippen molar-refractivity contribution >= 4 is 34.5 Å². The Morgan fingerprint density at radius 1 is 1.04 bits per heavy atom. The second kappa shape index (κ2) is 7.13. The number of carbonyl (C=O) groups is 2. The number of rotatable bonds is 4. The SMILES string of the molecule is CC(=O)Nc1ccc(F)c(NC(=O)c2ccsc2-n2c(C)ccc2C)c1. The maximum absolute atomic E-state index is 14.1. The van der Waals surface area contributed by atoms with Gasteiger partial charge in [-0.1, -0.05) is 0 Å².